The molecular formula is C7H8BrNO. The van der Waals surface area contributed by atoms with Crippen LogP contribution in [0.25, 0.3) is 0 Å². The molecule has 2 nitrogen and oxygen atoms in total. The van der Waals surface area contributed by atoms with Crippen molar-refractivity contribution in [3.05, 3.63) is 34.2 Å². The molecule has 1 heterocycles. The van der Waals surface area contributed by atoms with Crippen molar-refractivity contribution in [2.24, 2.45) is 7.05 Å². The summed E-state index contributed by atoms with van der Waals surface area (Å²) < 4.78 is 1.62. The number of hydrogen-bond donors (Lipinski definition) is 0. The summed E-state index contributed by atoms with van der Waals surface area (Å²) in [5, 5.41) is 0.722. The Morgan fingerprint density at radius 3 is 2.80 bits per heavy atom. The molecule has 54 valence electrons. The van der Waals surface area contributed by atoms with Gasteiger partial charge in [0.25, 0.3) is 0 Å². The van der Waals surface area contributed by atoms with Gasteiger partial charge in [0.1, 0.15) is 0 Å². The summed E-state index contributed by atoms with van der Waals surface area (Å²) in [7, 11) is 1.76. The summed E-state index contributed by atoms with van der Waals surface area (Å²) in [6.45, 7) is 0. The van der Waals surface area contributed by atoms with Crippen molar-refractivity contribution < 1.29 is 0 Å². The largest absolute Gasteiger partial charge is 0.315 e. The van der Waals surface area contributed by atoms with Crippen LogP contribution in [0.15, 0.2) is 23.0 Å². The standard InChI is InChI=1S/C7H8BrNO/c1-9-6(5-8)3-2-4-7(9)10/h2-4H,5H2,1H3. The molecule has 0 fully saturated rings. The molecule has 1 aromatic rings. The van der Waals surface area contributed by atoms with E-state index in [9.17, 15) is 4.79 Å². The Labute approximate surface area is 67.6 Å². The number of nitrogens with zero attached hydrogens (tertiary/aromatic N) is 1. The van der Waals surface area contributed by atoms with Gasteiger partial charge in [0.2, 0.25) is 5.56 Å². The zero-order valence-electron chi connectivity index (χ0n) is 5.67. The molecule has 0 bridgehead atoms. The van der Waals surface area contributed by atoms with Gasteiger partial charge in [0, 0.05) is 24.1 Å². The van der Waals surface area contributed by atoms with E-state index in [1.807, 2.05) is 6.07 Å². The first-order chi connectivity index (χ1) is 4.75. The molecule has 1 rings (SSSR count). The second kappa shape index (κ2) is 3.01. The van der Waals surface area contributed by atoms with Crippen molar-refractivity contribution in [3.63, 3.8) is 0 Å². The Morgan fingerprint density at radius 1 is 1.60 bits per heavy atom. The third-order valence-electron chi connectivity index (χ3n) is 1.43. The van der Waals surface area contributed by atoms with Gasteiger partial charge in [-0.2, -0.15) is 0 Å². The average Bonchev–Trinajstić information content (AvgIpc) is 1.95. The molecule has 0 aliphatic carbocycles. The first kappa shape index (κ1) is 7.54. The van der Waals surface area contributed by atoms with Crippen molar-refractivity contribution in [1.29, 1.82) is 0 Å². The van der Waals surface area contributed by atoms with Gasteiger partial charge in [0.05, 0.1) is 0 Å². The van der Waals surface area contributed by atoms with E-state index in [2.05, 4.69) is 15.9 Å². The van der Waals surface area contributed by atoms with Gasteiger partial charge in [0.15, 0.2) is 0 Å². The van der Waals surface area contributed by atoms with Gasteiger partial charge in [-0.3, -0.25) is 4.79 Å². The average molecular weight is 202 g/mol. The summed E-state index contributed by atoms with van der Waals surface area (Å²) in [5.74, 6) is 0. The number of alkyl halides is 1. The molecule has 0 spiro atoms. The number of halogens is 1. The topological polar surface area (TPSA) is 22.0 Å². The number of pyridine rings is 1. The maximum atomic E-state index is 10.9. The van der Waals surface area contributed by atoms with Crippen molar-refractivity contribution in [1.82, 2.24) is 4.57 Å². The van der Waals surface area contributed by atoms with E-state index in [1.165, 1.54) is 0 Å². The van der Waals surface area contributed by atoms with Crippen LogP contribution in [0.2, 0.25) is 0 Å². The quantitative estimate of drug-likeness (QED) is 0.628. The molecule has 3 heteroatoms. The SMILES string of the molecule is Cn1c(CBr)cccc1=O. The lowest BCUT2D eigenvalue weighted by atomic mass is 10.4. The maximum absolute atomic E-state index is 10.9. The summed E-state index contributed by atoms with van der Waals surface area (Å²) in [4.78, 5) is 10.9. The second-order valence-electron chi connectivity index (χ2n) is 2.05. The van der Waals surface area contributed by atoms with Crippen LogP contribution in [0.4, 0.5) is 0 Å². The van der Waals surface area contributed by atoms with E-state index in [1.54, 1.807) is 23.7 Å². The monoisotopic (exact) mass is 201 g/mol. The minimum absolute atomic E-state index is 0.0388. The first-order valence-electron chi connectivity index (χ1n) is 2.96. The van der Waals surface area contributed by atoms with Crippen molar-refractivity contribution in [3.8, 4) is 0 Å². The number of aromatic nitrogens is 1. The molecule has 0 aromatic carbocycles. The fourth-order valence-corrected chi connectivity index (χ4v) is 1.30. The highest BCUT2D eigenvalue weighted by Crippen LogP contribution is 1.99. The molecule has 0 N–H and O–H groups in total. The molecule has 0 radical (unpaired) electrons. The lowest BCUT2D eigenvalue weighted by molar-refractivity contribution is 0.814. The van der Waals surface area contributed by atoms with Crippen molar-refractivity contribution in [2.75, 3.05) is 0 Å². The molecule has 0 saturated carbocycles. The van der Waals surface area contributed by atoms with Crippen LogP contribution in [0.5, 0.6) is 0 Å². The predicted molar refractivity (Wildman–Crippen MR) is 44.3 cm³/mol. The molecule has 0 aliphatic heterocycles. The van der Waals surface area contributed by atoms with Gasteiger partial charge in [-0.25, -0.2) is 0 Å². The molecule has 1 aromatic heterocycles. The lowest BCUT2D eigenvalue weighted by Crippen LogP contribution is -2.17. The van der Waals surface area contributed by atoms with E-state index in [0.717, 1.165) is 11.0 Å². The van der Waals surface area contributed by atoms with E-state index in [-0.39, 0.29) is 5.56 Å². The van der Waals surface area contributed by atoms with E-state index in [0.29, 0.717) is 0 Å². The predicted octanol–water partition coefficient (Wildman–Crippen LogP) is 1.28. The van der Waals surface area contributed by atoms with Gasteiger partial charge in [-0.1, -0.05) is 22.0 Å². The highest BCUT2D eigenvalue weighted by Gasteiger charge is 1.93. The first-order valence-corrected chi connectivity index (χ1v) is 4.08. The molecule has 0 saturated heterocycles. The Bertz CT molecular complexity index is 279. The zero-order valence-corrected chi connectivity index (χ0v) is 7.26. The molecule has 0 unspecified atom stereocenters. The molecule has 0 aliphatic rings. The fraction of sp³-hybridized carbons (Fsp3) is 0.286. The van der Waals surface area contributed by atoms with Gasteiger partial charge < -0.3 is 4.57 Å². The Balaban J connectivity index is 3.28. The number of hydrogen-bond acceptors (Lipinski definition) is 1. The summed E-state index contributed by atoms with van der Waals surface area (Å²) in [5.41, 5.74) is 1.03. The van der Waals surface area contributed by atoms with Gasteiger partial charge >= 0.3 is 0 Å². The van der Waals surface area contributed by atoms with E-state index in [4.69, 9.17) is 0 Å². The fourth-order valence-electron chi connectivity index (χ4n) is 0.741. The molecular weight excluding hydrogens is 194 g/mol. The highest BCUT2D eigenvalue weighted by atomic mass is 79.9. The third kappa shape index (κ3) is 1.29. The van der Waals surface area contributed by atoms with Crippen LogP contribution in [-0.4, -0.2) is 4.57 Å². The van der Waals surface area contributed by atoms with Crippen LogP contribution in [-0.2, 0) is 12.4 Å². The second-order valence-corrected chi connectivity index (χ2v) is 2.61. The van der Waals surface area contributed by atoms with Crippen molar-refractivity contribution >= 4 is 15.9 Å². The van der Waals surface area contributed by atoms with Gasteiger partial charge in [-0.05, 0) is 6.07 Å². The van der Waals surface area contributed by atoms with Crippen LogP contribution in [0.3, 0.4) is 0 Å². The minimum Gasteiger partial charge on any atom is -0.315 e. The van der Waals surface area contributed by atoms with Crippen LogP contribution < -0.4 is 5.56 Å². The minimum atomic E-state index is 0.0388. The summed E-state index contributed by atoms with van der Waals surface area (Å²) >= 11 is 3.28. The maximum Gasteiger partial charge on any atom is 0.250 e. The Kier molecular flexibility index (Phi) is 2.27. The van der Waals surface area contributed by atoms with Crippen LogP contribution in [0, 0.1) is 0 Å². The van der Waals surface area contributed by atoms with Crippen LogP contribution in [0.1, 0.15) is 5.69 Å². The normalized spacial score (nSPS) is 9.80. The molecule has 0 amide bonds. The lowest BCUT2D eigenvalue weighted by Gasteiger charge is -2.01. The van der Waals surface area contributed by atoms with E-state index < -0.39 is 0 Å². The molecule has 0 atom stereocenters. The van der Waals surface area contributed by atoms with Gasteiger partial charge in [-0.15, -0.1) is 0 Å². The van der Waals surface area contributed by atoms with Crippen molar-refractivity contribution in [2.45, 2.75) is 5.33 Å². The Morgan fingerprint density at radius 2 is 2.30 bits per heavy atom. The third-order valence-corrected chi connectivity index (χ3v) is 2.00. The summed E-state index contributed by atoms with van der Waals surface area (Å²) in [6.07, 6.45) is 0. The Hall–Kier alpha value is -0.570. The van der Waals surface area contributed by atoms with Crippen LogP contribution >= 0.6 is 15.9 Å². The summed E-state index contributed by atoms with van der Waals surface area (Å²) in [6, 6.07) is 5.22. The van der Waals surface area contributed by atoms with E-state index >= 15 is 0 Å². The molecule has 10 heavy (non-hydrogen) atoms. The smallest absolute Gasteiger partial charge is 0.250 e. The number of rotatable bonds is 1. The zero-order chi connectivity index (χ0) is 7.56. The highest BCUT2D eigenvalue weighted by molar-refractivity contribution is 9.08.